The van der Waals surface area contributed by atoms with Crippen molar-refractivity contribution in [3.63, 3.8) is 0 Å². The molecule has 0 saturated carbocycles. The zero-order valence-electron chi connectivity index (χ0n) is 18.0. The second-order valence-corrected chi connectivity index (χ2v) is 8.11. The minimum absolute atomic E-state index is 0.236. The summed E-state index contributed by atoms with van der Waals surface area (Å²) in [5.74, 6) is 0.236. The molecule has 0 unspecified atom stereocenters. The van der Waals surface area contributed by atoms with Gasteiger partial charge in [0, 0.05) is 5.92 Å². The first-order valence-electron chi connectivity index (χ1n) is 10.6. The molecule has 0 bridgehead atoms. The summed E-state index contributed by atoms with van der Waals surface area (Å²) in [6.45, 7) is 6.45. The molecule has 4 rings (SSSR count). The molecule has 0 aromatic heterocycles. The maximum absolute atomic E-state index is 2.27. The first-order valence-corrected chi connectivity index (χ1v) is 10.6. The van der Waals surface area contributed by atoms with E-state index < -0.39 is 0 Å². The van der Waals surface area contributed by atoms with Gasteiger partial charge in [-0.25, -0.2) is 0 Å². The SMILES string of the molecule is CC(=Cc1ccc(C(c2ccc(C)cc2)c2ccc(C)cc2)cc1)c1ccccc1. The van der Waals surface area contributed by atoms with E-state index in [0.717, 1.165) is 0 Å². The highest BCUT2D eigenvalue weighted by Gasteiger charge is 2.16. The van der Waals surface area contributed by atoms with E-state index in [-0.39, 0.29) is 5.92 Å². The number of hydrogen-bond donors (Lipinski definition) is 0. The van der Waals surface area contributed by atoms with Crippen LogP contribution in [0.4, 0.5) is 0 Å². The van der Waals surface area contributed by atoms with Crippen molar-refractivity contribution in [1.82, 2.24) is 0 Å². The van der Waals surface area contributed by atoms with E-state index in [9.17, 15) is 0 Å². The molecule has 4 aromatic rings. The van der Waals surface area contributed by atoms with Gasteiger partial charge in [-0.2, -0.15) is 0 Å². The molecule has 0 aliphatic carbocycles. The van der Waals surface area contributed by atoms with Crippen LogP contribution in [-0.4, -0.2) is 0 Å². The Morgan fingerprint density at radius 2 is 1.00 bits per heavy atom. The molecule has 0 fully saturated rings. The summed E-state index contributed by atoms with van der Waals surface area (Å²) in [6, 6.07) is 37.4. The zero-order valence-corrected chi connectivity index (χ0v) is 18.0. The van der Waals surface area contributed by atoms with Crippen LogP contribution in [0.25, 0.3) is 11.6 Å². The highest BCUT2D eigenvalue weighted by Crippen LogP contribution is 2.33. The molecule has 30 heavy (non-hydrogen) atoms. The van der Waals surface area contributed by atoms with Crippen molar-refractivity contribution in [2.24, 2.45) is 0 Å². The van der Waals surface area contributed by atoms with E-state index >= 15 is 0 Å². The fourth-order valence-electron chi connectivity index (χ4n) is 3.91. The van der Waals surface area contributed by atoms with Crippen molar-refractivity contribution >= 4 is 11.6 Å². The monoisotopic (exact) mass is 388 g/mol. The molecule has 0 amide bonds. The highest BCUT2D eigenvalue weighted by molar-refractivity contribution is 5.80. The van der Waals surface area contributed by atoms with E-state index in [1.54, 1.807) is 0 Å². The molecular formula is C30H28. The van der Waals surface area contributed by atoms with Crippen LogP contribution < -0.4 is 0 Å². The number of rotatable bonds is 5. The summed E-state index contributed by atoms with van der Waals surface area (Å²) in [7, 11) is 0. The summed E-state index contributed by atoms with van der Waals surface area (Å²) >= 11 is 0. The Bertz CT molecular complexity index is 1070. The lowest BCUT2D eigenvalue weighted by molar-refractivity contribution is 0.974. The Morgan fingerprint density at radius 1 is 0.567 bits per heavy atom. The number of benzene rings is 4. The van der Waals surface area contributed by atoms with Gasteiger partial charge in [-0.1, -0.05) is 120 Å². The molecule has 148 valence electrons. The lowest BCUT2D eigenvalue weighted by atomic mass is 9.84. The summed E-state index contributed by atoms with van der Waals surface area (Å²) in [6.07, 6.45) is 2.26. The van der Waals surface area contributed by atoms with Crippen molar-refractivity contribution < 1.29 is 0 Å². The standard InChI is InChI=1S/C30H28/c1-22-9-15-27(16-10-22)30(28-17-11-23(2)12-18-28)29-19-13-25(14-20-29)21-24(3)26-7-5-4-6-8-26/h4-21,30H,1-3H3. The van der Waals surface area contributed by atoms with Gasteiger partial charge in [0.05, 0.1) is 0 Å². The summed E-state index contributed by atoms with van der Waals surface area (Å²) in [5, 5.41) is 0. The fraction of sp³-hybridized carbons (Fsp3) is 0.133. The van der Waals surface area contributed by atoms with E-state index in [1.807, 2.05) is 0 Å². The van der Waals surface area contributed by atoms with Crippen molar-refractivity contribution in [2.45, 2.75) is 26.7 Å². The number of allylic oxidation sites excluding steroid dienone is 1. The van der Waals surface area contributed by atoms with Crippen molar-refractivity contribution in [3.8, 4) is 0 Å². The quantitative estimate of drug-likeness (QED) is 0.240. The molecule has 0 radical (unpaired) electrons. The average Bonchev–Trinajstić information content (AvgIpc) is 2.78. The molecule has 0 heteroatoms. The maximum atomic E-state index is 2.27. The Kier molecular flexibility index (Phi) is 5.95. The summed E-state index contributed by atoms with van der Waals surface area (Å²) in [5.41, 5.74) is 10.3. The van der Waals surface area contributed by atoms with Gasteiger partial charge in [0.15, 0.2) is 0 Å². The second kappa shape index (κ2) is 8.97. The van der Waals surface area contributed by atoms with Crippen LogP contribution in [0.15, 0.2) is 103 Å². The van der Waals surface area contributed by atoms with Crippen molar-refractivity contribution in [3.05, 3.63) is 142 Å². The summed E-state index contributed by atoms with van der Waals surface area (Å²) < 4.78 is 0. The van der Waals surface area contributed by atoms with Gasteiger partial charge in [-0.05, 0) is 54.2 Å². The highest BCUT2D eigenvalue weighted by atomic mass is 14.2. The largest absolute Gasteiger partial charge is 0.0622 e. The Hall–Kier alpha value is -3.38. The van der Waals surface area contributed by atoms with Crippen molar-refractivity contribution in [2.75, 3.05) is 0 Å². The molecule has 4 aromatic carbocycles. The molecule has 0 aliphatic rings. The van der Waals surface area contributed by atoms with Crippen LogP contribution in [0, 0.1) is 13.8 Å². The van der Waals surface area contributed by atoms with Crippen LogP contribution in [0.5, 0.6) is 0 Å². The topological polar surface area (TPSA) is 0 Å². The first kappa shape index (κ1) is 19.9. The van der Waals surface area contributed by atoms with E-state index in [2.05, 4.69) is 130 Å². The van der Waals surface area contributed by atoms with Crippen LogP contribution in [0.3, 0.4) is 0 Å². The van der Waals surface area contributed by atoms with Crippen LogP contribution >= 0.6 is 0 Å². The Labute approximate surface area is 180 Å². The van der Waals surface area contributed by atoms with Gasteiger partial charge in [0.1, 0.15) is 0 Å². The molecule has 0 spiro atoms. The molecule has 0 N–H and O–H groups in total. The third kappa shape index (κ3) is 4.60. The number of hydrogen-bond acceptors (Lipinski definition) is 0. The second-order valence-electron chi connectivity index (χ2n) is 8.11. The van der Waals surface area contributed by atoms with Gasteiger partial charge >= 0.3 is 0 Å². The third-order valence-corrected chi connectivity index (χ3v) is 5.70. The molecule has 0 saturated heterocycles. The minimum Gasteiger partial charge on any atom is -0.0622 e. The molecule has 0 nitrogen and oxygen atoms in total. The lowest BCUT2D eigenvalue weighted by Gasteiger charge is -2.20. The number of aryl methyl sites for hydroxylation is 2. The van der Waals surface area contributed by atoms with Crippen LogP contribution in [-0.2, 0) is 0 Å². The molecular weight excluding hydrogens is 360 g/mol. The molecule has 0 atom stereocenters. The van der Waals surface area contributed by atoms with Gasteiger partial charge < -0.3 is 0 Å². The predicted octanol–water partition coefficient (Wildman–Crippen LogP) is 8.04. The van der Waals surface area contributed by atoms with Gasteiger partial charge in [0.25, 0.3) is 0 Å². The Morgan fingerprint density at radius 3 is 1.47 bits per heavy atom. The van der Waals surface area contributed by atoms with Gasteiger partial charge in [-0.3, -0.25) is 0 Å². The smallest absolute Gasteiger partial charge is 0.0340 e. The van der Waals surface area contributed by atoms with E-state index in [1.165, 1.54) is 44.5 Å². The van der Waals surface area contributed by atoms with Gasteiger partial charge in [-0.15, -0.1) is 0 Å². The third-order valence-electron chi connectivity index (χ3n) is 5.70. The maximum Gasteiger partial charge on any atom is 0.0340 e. The van der Waals surface area contributed by atoms with Crippen LogP contribution in [0.1, 0.15) is 51.8 Å². The Balaban J connectivity index is 1.69. The minimum atomic E-state index is 0.236. The zero-order chi connectivity index (χ0) is 20.9. The fourth-order valence-corrected chi connectivity index (χ4v) is 3.91. The lowest BCUT2D eigenvalue weighted by Crippen LogP contribution is -2.03. The van der Waals surface area contributed by atoms with Crippen molar-refractivity contribution in [1.29, 1.82) is 0 Å². The van der Waals surface area contributed by atoms with Crippen LogP contribution in [0.2, 0.25) is 0 Å². The van der Waals surface area contributed by atoms with E-state index in [0.29, 0.717) is 0 Å². The van der Waals surface area contributed by atoms with Gasteiger partial charge in [0.2, 0.25) is 0 Å². The summed E-state index contributed by atoms with van der Waals surface area (Å²) in [4.78, 5) is 0. The van der Waals surface area contributed by atoms with E-state index in [4.69, 9.17) is 0 Å². The first-order chi connectivity index (χ1) is 14.6. The molecule has 0 aliphatic heterocycles. The average molecular weight is 389 g/mol. The predicted molar refractivity (Wildman–Crippen MR) is 130 cm³/mol. The molecule has 0 heterocycles. The normalized spacial score (nSPS) is 11.7.